The first-order valence-corrected chi connectivity index (χ1v) is 16.0. The molecule has 3 nitrogen and oxygen atoms in total. The highest BCUT2D eigenvalue weighted by molar-refractivity contribution is 7.26. The molecule has 4 heteroatoms. The SMILES string of the molecule is [2H]c1c([2H])c([2H])c(-c2c([2H])c([2H])c3c(sc4c([2H])c([2H])c([2H])c(-c5c([2H])c([2H])c(-c6nc(-c7ccccc7)nc(-c7ccc(-c8ccccc8)cc7)n6)c([2H])c5[2H])c43)c2[2H])c([2H])c1[2H]. The predicted molar refractivity (Wildman–Crippen MR) is 205 cm³/mol. The lowest BCUT2D eigenvalue weighted by molar-refractivity contribution is 1.07. The van der Waals surface area contributed by atoms with Crippen molar-refractivity contribution in [3.8, 4) is 67.5 Å². The van der Waals surface area contributed by atoms with Crippen LogP contribution >= 0.6 is 11.3 Å². The highest BCUT2D eigenvalue weighted by Crippen LogP contribution is 2.41. The fourth-order valence-corrected chi connectivity index (χ4v) is 6.48. The third kappa shape index (κ3) is 5.58. The molecule has 0 bridgehead atoms. The summed E-state index contributed by atoms with van der Waals surface area (Å²) in [5.41, 5.74) is 1.14. The van der Waals surface area contributed by atoms with Crippen LogP contribution in [0.3, 0.4) is 0 Å². The maximum atomic E-state index is 9.38. The Balaban J connectivity index is 1.29. The van der Waals surface area contributed by atoms with Crippen molar-refractivity contribution in [1.29, 1.82) is 0 Å². The van der Waals surface area contributed by atoms with Crippen molar-refractivity contribution in [3.05, 3.63) is 176 Å². The van der Waals surface area contributed by atoms with Crippen LogP contribution in [-0.4, -0.2) is 15.0 Å². The van der Waals surface area contributed by atoms with Crippen molar-refractivity contribution >= 4 is 31.5 Å². The Bertz CT molecular complexity index is 3380. The van der Waals surface area contributed by atoms with Gasteiger partial charge in [0.15, 0.2) is 17.5 Å². The molecule has 0 aliphatic carbocycles. The Kier molecular flexibility index (Phi) is 4.37. The Morgan fingerprint density at radius 1 is 0.388 bits per heavy atom. The van der Waals surface area contributed by atoms with Gasteiger partial charge in [-0.3, -0.25) is 0 Å². The molecule has 0 saturated heterocycles. The Hall–Kier alpha value is -6.23. The van der Waals surface area contributed by atoms with E-state index >= 15 is 0 Å². The van der Waals surface area contributed by atoms with Gasteiger partial charge >= 0.3 is 0 Å². The number of benzene rings is 7. The molecule has 0 saturated carbocycles. The van der Waals surface area contributed by atoms with E-state index in [0.29, 0.717) is 11.1 Å². The maximum Gasteiger partial charge on any atom is 0.164 e. The zero-order valence-corrected chi connectivity index (χ0v) is 26.1. The fraction of sp³-hybridized carbons (Fsp3) is 0. The molecule has 0 N–H and O–H groups in total. The smallest absolute Gasteiger partial charge is 0.164 e. The van der Waals surface area contributed by atoms with Gasteiger partial charge in [-0.2, -0.15) is 0 Å². The van der Waals surface area contributed by atoms with Gasteiger partial charge in [0.05, 0.1) is 20.6 Å². The minimum absolute atomic E-state index is 0.0561. The van der Waals surface area contributed by atoms with E-state index < -0.39 is 107 Å². The molecule has 0 spiro atoms. The third-order valence-corrected chi connectivity index (χ3v) is 8.86. The summed E-state index contributed by atoms with van der Waals surface area (Å²) in [5.74, 6) is 0.213. The topological polar surface area (TPSA) is 38.7 Å². The number of hydrogen-bond acceptors (Lipinski definition) is 4. The molecule has 2 heterocycles. The van der Waals surface area contributed by atoms with Gasteiger partial charge in [-0.1, -0.05) is 163 Å². The average molecular weight is 659 g/mol. The number of nitrogens with zero attached hydrogens (tertiary/aromatic N) is 3. The lowest BCUT2D eigenvalue weighted by Gasteiger charge is -2.10. The van der Waals surface area contributed by atoms with E-state index in [-0.39, 0.29) is 48.8 Å². The van der Waals surface area contributed by atoms with Gasteiger partial charge in [0, 0.05) is 36.9 Å². The van der Waals surface area contributed by atoms with Crippen molar-refractivity contribution in [3.63, 3.8) is 0 Å². The Morgan fingerprint density at radius 2 is 0.939 bits per heavy atom. The molecule has 0 unspecified atom stereocenters. The third-order valence-electron chi connectivity index (χ3n) is 7.84. The number of fused-ring (bicyclic) bond motifs is 3. The van der Waals surface area contributed by atoms with Crippen LogP contribution in [0.4, 0.5) is 0 Å². The number of aromatic nitrogens is 3. The summed E-state index contributed by atoms with van der Waals surface area (Å²) >= 11 is 0.742. The summed E-state index contributed by atoms with van der Waals surface area (Å²) in [6.45, 7) is 0. The molecule has 0 aliphatic heterocycles. The Labute approximate surface area is 310 Å². The highest BCUT2D eigenvalue weighted by atomic mass is 32.1. The summed E-state index contributed by atoms with van der Waals surface area (Å²) in [6, 6.07) is 16.6. The van der Waals surface area contributed by atoms with Gasteiger partial charge in [0.25, 0.3) is 0 Å². The number of rotatable bonds is 6. The van der Waals surface area contributed by atoms with E-state index in [1.54, 1.807) is 24.3 Å². The molecule has 9 aromatic rings. The first-order valence-electron chi connectivity index (χ1n) is 22.6. The molecule has 2 aromatic heterocycles. The number of thiophene rings is 1. The van der Waals surface area contributed by atoms with Crippen LogP contribution in [0.15, 0.2) is 176 Å². The first kappa shape index (κ1) is 17.3. The maximum absolute atomic E-state index is 9.38. The van der Waals surface area contributed by atoms with Gasteiger partial charge < -0.3 is 0 Å². The summed E-state index contributed by atoms with van der Waals surface area (Å²) < 4.78 is 133. The molecule has 0 atom stereocenters. The van der Waals surface area contributed by atoms with Crippen LogP contribution in [0, 0.1) is 0 Å². The second-order valence-corrected chi connectivity index (χ2v) is 11.9. The minimum Gasteiger partial charge on any atom is -0.208 e. The second kappa shape index (κ2) is 12.4. The molecule has 0 fully saturated rings. The zero-order chi connectivity index (χ0) is 45.6. The minimum atomic E-state index is -0.708. The van der Waals surface area contributed by atoms with E-state index in [9.17, 15) is 8.22 Å². The summed E-state index contributed by atoms with van der Waals surface area (Å²) in [6.07, 6.45) is 0. The lowest BCUT2D eigenvalue weighted by atomic mass is 9.97. The lowest BCUT2D eigenvalue weighted by Crippen LogP contribution is -2.00. The normalized spacial score (nSPS) is 15.6. The molecule has 9 rings (SSSR count). The molecular formula is C45H29N3S. The van der Waals surface area contributed by atoms with Crippen LogP contribution in [0.5, 0.6) is 0 Å². The molecule has 230 valence electrons. The van der Waals surface area contributed by atoms with Crippen LogP contribution < -0.4 is 0 Å². The van der Waals surface area contributed by atoms with E-state index in [1.165, 1.54) is 0 Å². The first-order chi connectivity index (χ1) is 30.5. The van der Waals surface area contributed by atoms with E-state index in [4.69, 9.17) is 17.3 Å². The number of hydrogen-bond donors (Lipinski definition) is 0. The largest absolute Gasteiger partial charge is 0.208 e. The van der Waals surface area contributed by atoms with Crippen molar-refractivity contribution in [2.45, 2.75) is 0 Å². The second-order valence-electron chi connectivity index (χ2n) is 10.9. The van der Waals surface area contributed by atoms with Crippen LogP contribution in [-0.2, 0) is 0 Å². The van der Waals surface area contributed by atoms with Crippen molar-refractivity contribution in [1.82, 2.24) is 15.0 Å². The average Bonchev–Trinajstić information content (AvgIpc) is 3.72. The summed E-state index contributed by atoms with van der Waals surface area (Å²) in [4.78, 5) is 14.1. The van der Waals surface area contributed by atoms with Gasteiger partial charge in [-0.05, 0) is 45.5 Å². The fourth-order valence-electron chi connectivity index (χ4n) is 5.46. The van der Waals surface area contributed by atoms with E-state index in [1.807, 2.05) is 60.7 Å². The van der Waals surface area contributed by atoms with Crippen molar-refractivity contribution in [2.24, 2.45) is 0 Å². The van der Waals surface area contributed by atoms with Crippen LogP contribution in [0.1, 0.15) is 20.6 Å². The molecular weight excluding hydrogens is 615 g/mol. The summed E-state index contributed by atoms with van der Waals surface area (Å²) in [5, 5.41) is -0.302. The van der Waals surface area contributed by atoms with Crippen molar-refractivity contribution in [2.75, 3.05) is 0 Å². The zero-order valence-electron chi connectivity index (χ0n) is 40.3. The Morgan fingerprint density at radius 3 is 1.63 bits per heavy atom. The predicted octanol–water partition coefficient (Wildman–Crippen LogP) is 12.2. The van der Waals surface area contributed by atoms with Gasteiger partial charge in [0.2, 0.25) is 0 Å². The van der Waals surface area contributed by atoms with Crippen LogP contribution in [0.25, 0.3) is 87.7 Å². The van der Waals surface area contributed by atoms with Gasteiger partial charge in [0.1, 0.15) is 0 Å². The van der Waals surface area contributed by atoms with Gasteiger partial charge in [-0.25, -0.2) is 15.0 Å². The summed E-state index contributed by atoms with van der Waals surface area (Å²) in [7, 11) is 0. The molecule has 0 amide bonds. The van der Waals surface area contributed by atoms with Crippen molar-refractivity contribution < 1.29 is 20.6 Å². The van der Waals surface area contributed by atoms with Gasteiger partial charge in [-0.15, -0.1) is 11.3 Å². The molecule has 49 heavy (non-hydrogen) atoms. The molecule has 7 aromatic carbocycles. The monoisotopic (exact) mass is 658 g/mol. The van der Waals surface area contributed by atoms with E-state index in [0.717, 1.165) is 22.5 Å². The highest BCUT2D eigenvalue weighted by Gasteiger charge is 2.15. The standard InChI is InChI=1S/C45H29N3S/c1-4-11-30(12-5-1)32-19-23-35(24-20-32)44-46-43(34-15-8-3-9-16-34)47-45(48-44)36-25-21-33(22-26-36)38-17-10-18-40-42(38)39-28-27-37(29-41(39)49-40)31-13-6-2-7-14-31/h1-29H/i2D,6D,7D,10D,13D,14D,17D,18D,21D,22D,25D,26D,27D,28D,29D. The quantitative estimate of drug-likeness (QED) is 0.178. The molecule has 0 aliphatic rings. The molecule has 0 radical (unpaired) electrons. The van der Waals surface area contributed by atoms with E-state index in [2.05, 4.69) is 9.97 Å². The van der Waals surface area contributed by atoms with Crippen LogP contribution in [0.2, 0.25) is 0 Å².